The van der Waals surface area contributed by atoms with Crippen LogP contribution in [0.3, 0.4) is 0 Å². The van der Waals surface area contributed by atoms with Crippen LogP contribution in [0.4, 0.5) is 10.1 Å². The minimum absolute atomic E-state index is 0.233. The van der Waals surface area contributed by atoms with Crippen molar-refractivity contribution >= 4 is 40.1 Å². The minimum atomic E-state index is -0.408. The molecule has 6 nitrogen and oxygen atoms in total. The maximum absolute atomic E-state index is 13.0. The van der Waals surface area contributed by atoms with Gasteiger partial charge in [-0.1, -0.05) is 13.8 Å². The van der Waals surface area contributed by atoms with Gasteiger partial charge in [0.2, 0.25) is 0 Å². The molecule has 2 N–H and O–H groups in total. The fourth-order valence-corrected chi connectivity index (χ4v) is 3.36. The predicted molar refractivity (Wildman–Crippen MR) is 120 cm³/mol. The van der Waals surface area contributed by atoms with Crippen molar-refractivity contribution in [2.24, 2.45) is 0 Å². The Kier molecular flexibility index (Phi) is 8.84. The van der Waals surface area contributed by atoms with E-state index in [0.717, 1.165) is 19.6 Å². The standard InChI is InChI=1S/C21H25FIN3O3/c1-4-26(5-2)11-10-24-21(28)16-12-17(23)18(13-19(16)29-3)25-20(27)14-6-8-15(22)9-7-14/h6-9,12-13H,4-5,10-11H2,1-3H3,(H,24,28)(H,25,27)/i23-4. The van der Waals surface area contributed by atoms with Crippen LogP contribution >= 0.6 is 22.6 Å². The number of halogens is 2. The van der Waals surface area contributed by atoms with Crippen LogP contribution in [0.1, 0.15) is 34.6 Å². The third-order valence-electron chi connectivity index (χ3n) is 4.50. The average Bonchev–Trinajstić information content (AvgIpc) is 2.72. The number of ether oxygens (including phenoxy) is 1. The second-order valence-electron chi connectivity index (χ2n) is 6.28. The maximum Gasteiger partial charge on any atom is 0.255 e. The first-order valence-electron chi connectivity index (χ1n) is 9.34. The van der Waals surface area contributed by atoms with E-state index >= 15 is 0 Å². The number of amides is 2. The smallest absolute Gasteiger partial charge is 0.255 e. The quantitative estimate of drug-likeness (QED) is 0.506. The van der Waals surface area contributed by atoms with E-state index < -0.39 is 5.82 Å². The molecule has 0 aliphatic rings. The molecule has 0 saturated heterocycles. The number of hydrogen-bond acceptors (Lipinski definition) is 4. The third-order valence-corrected chi connectivity index (χ3v) is 5.39. The molecule has 0 atom stereocenters. The van der Waals surface area contributed by atoms with Crippen LogP contribution in [0.15, 0.2) is 36.4 Å². The number of carbonyl (C=O) groups is 2. The van der Waals surface area contributed by atoms with Crippen molar-refractivity contribution in [3.63, 3.8) is 0 Å². The average molecular weight is 509 g/mol. The molecule has 0 heterocycles. The van der Waals surface area contributed by atoms with E-state index in [1.807, 2.05) is 0 Å². The van der Waals surface area contributed by atoms with Gasteiger partial charge in [0.1, 0.15) is 11.6 Å². The normalized spacial score (nSPS) is 10.7. The number of likely N-dealkylation sites (N-methyl/N-ethyl adjacent to an activating group) is 1. The molecule has 2 amide bonds. The summed E-state index contributed by atoms with van der Waals surface area (Å²) in [7, 11) is 1.47. The zero-order chi connectivity index (χ0) is 21.4. The molecular formula is C21H25FIN3O3. The Hall–Kier alpha value is -2.20. The summed E-state index contributed by atoms with van der Waals surface area (Å²) in [5.74, 6) is -0.654. The lowest BCUT2D eigenvalue weighted by Gasteiger charge is -2.18. The summed E-state index contributed by atoms with van der Waals surface area (Å²) >= 11 is 2.05. The van der Waals surface area contributed by atoms with E-state index in [4.69, 9.17) is 4.74 Å². The first kappa shape index (κ1) is 23.1. The second kappa shape index (κ2) is 11.1. The van der Waals surface area contributed by atoms with Gasteiger partial charge in [-0.2, -0.15) is 0 Å². The van der Waals surface area contributed by atoms with Gasteiger partial charge >= 0.3 is 0 Å². The van der Waals surface area contributed by atoms with Crippen molar-refractivity contribution in [2.75, 3.05) is 38.6 Å². The van der Waals surface area contributed by atoms with E-state index in [0.29, 0.717) is 32.7 Å². The molecule has 0 radical (unpaired) electrons. The van der Waals surface area contributed by atoms with Gasteiger partial charge in [-0.3, -0.25) is 9.59 Å². The van der Waals surface area contributed by atoms with E-state index in [-0.39, 0.29) is 11.8 Å². The van der Waals surface area contributed by atoms with Crippen LogP contribution in [-0.4, -0.2) is 50.0 Å². The van der Waals surface area contributed by atoms with E-state index in [1.54, 1.807) is 12.1 Å². The van der Waals surface area contributed by atoms with Crippen molar-refractivity contribution in [1.82, 2.24) is 10.2 Å². The molecule has 2 aromatic carbocycles. The highest BCUT2D eigenvalue weighted by Gasteiger charge is 2.17. The fraction of sp³-hybridized carbons (Fsp3) is 0.333. The van der Waals surface area contributed by atoms with Gasteiger partial charge in [-0.05, 0) is 66.0 Å². The van der Waals surface area contributed by atoms with Gasteiger partial charge in [-0.25, -0.2) is 4.39 Å². The lowest BCUT2D eigenvalue weighted by Crippen LogP contribution is -2.35. The summed E-state index contributed by atoms with van der Waals surface area (Å²) in [6.45, 7) is 7.31. The molecule has 0 bridgehead atoms. The Morgan fingerprint density at radius 1 is 1.10 bits per heavy atom. The molecule has 8 heteroatoms. The first-order chi connectivity index (χ1) is 13.9. The highest BCUT2D eigenvalue weighted by Crippen LogP contribution is 2.29. The summed E-state index contributed by atoms with van der Waals surface area (Å²) in [4.78, 5) is 27.2. The highest BCUT2D eigenvalue weighted by molar-refractivity contribution is 14.1. The molecule has 156 valence electrons. The number of anilines is 1. The van der Waals surface area contributed by atoms with Gasteiger partial charge in [-0.15, -0.1) is 0 Å². The van der Waals surface area contributed by atoms with Crippen LogP contribution in [-0.2, 0) is 0 Å². The number of methoxy groups -OCH3 is 1. The Morgan fingerprint density at radius 2 is 1.76 bits per heavy atom. The molecule has 0 aromatic heterocycles. The van der Waals surface area contributed by atoms with Gasteiger partial charge in [0.05, 0.1) is 18.4 Å². The van der Waals surface area contributed by atoms with Gasteiger partial charge in [0.25, 0.3) is 11.8 Å². The van der Waals surface area contributed by atoms with Gasteiger partial charge in [0, 0.05) is 28.3 Å². The van der Waals surface area contributed by atoms with E-state index in [2.05, 4.69) is 52.0 Å². The first-order valence-corrected chi connectivity index (χ1v) is 10.4. The van der Waals surface area contributed by atoms with Crippen molar-refractivity contribution in [2.45, 2.75) is 13.8 Å². The fourth-order valence-electron chi connectivity index (χ4n) is 2.75. The lowest BCUT2D eigenvalue weighted by atomic mass is 10.1. The largest absolute Gasteiger partial charge is 0.496 e. The van der Waals surface area contributed by atoms with Crippen LogP contribution in [0.25, 0.3) is 0 Å². The zero-order valence-electron chi connectivity index (χ0n) is 16.7. The van der Waals surface area contributed by atoms with Crippen molar-refractivity contribution < 1.29 is 18.7 Å². The third kappa shape index (κ3) is 6.40. The van der Waals surface area contributed by atoms with Crippen LogP contribution in [0, 0.1) is 9.39 Å². The summed E-state index contributed by atoms with van der Waals surface area (Å²) in [6.07, 6.45) is 0. The number of nitrogens with zero attached hydrogens (tertiary/aromatic N) is 1. The molecular weight excluding hydrogens is 484 g/mol. The number of hydrogen-bond donors (Lipinski definition) is 2. The Balaban J connectivity index is 2.12. The Labute approximate surface area is 183 Å². The number of carbonyl (C=O) groups excluding carboxylic acids is 2. The number of benzene rings is 2. The molecule has 0 unspecified atom stereocenters. The van der Waals surface area contributed by atoms with Crippen LogP contribution < -0.4 is 15.4 Å². The molecule has 2 rings (SSSR count). The minimum Gasteiger partial charge on any atom is -0.496 e. The molecule has 0 aliphatic carbocycles. The van der Waals surface area contributed by atoms with Crippen LogP contribution in [0.5, 0.6) is 5.75 Å². The zero-order valence-corrected chi connectivity index (χ0v) is 18.9. The number of nitrogens with one attached hydrogen (secondary N) is 2. The Morgan fingerprint density at radius 3 is 2.34 bits per heavy atom. The summed E-state index contributed by atoms with van der Waals surface area (Å²) in [5, 5.41) is 5.68. The van der Waals surface area contributed by atoms with Gasteiger partial charge in [0.15, 0.2) is 0 Å². The molecule has 0 fully saturated rings. The second-order valence-corrected chi connectivity index (χ2v) is 7.44. The molecule has 0 aliphatic heterocycles. The molecule has 0 spiro atoms. The number of rotatable bonds is 9. The monoisotopic (exact) mass is 509 g/mol. The summed E-state index contributed by atoms with van der Waals surface area (Å²) in [6, 6.07) is 8.56. The summed E-state index contributed by atoms with van der Waals surface area (Å²) < 4.78 is 19.1. The maximum atomic E-state index is 13.0. The highest BCUT2D eigenvalue weighted by atomic mass is 123. The SMILES string of the molecule is CCN(CC)CCNC(=O)c1cc([123I])c(NC(=O)c2ccc(F)cc2)cc1OC. The summed E-state index contributed by atoms with van der Waals surface area (Å²) in [5.41, 5.74) is 1.24. The topological polar surface area (TPSA) is 70.7 Å². The molecule has 0 saturated carbocycles. The predicted octanol–water partition coefficient (Wildman–Crippen LogP) is 3.76. The van der Waals surface area contributed by atoms with E-state index in [1.165, 1.54) is 31.4 Å². The van der Waals surface area contributed by atoms with Crippen LogP contribution in [0.2, 0.25) is 0 Å². The van der Waals surface area contributed by atoms with Crippen molar-refractivity contribution in [3.8, 4) is 5.75 Å². The Bertz CT molecular complexity index is 855. The van der Waals surface area contributed by atoms with Crippen molar-refractivity contribution in [1.29, 1.82) is 0 Å². The van der Waals surface area contributed by atoms with Crippen molar-refractivity contribution in [3.05, 3.63) is 56.9 Å². The molecule has 29 heavy (non-hydrogen) atoms. The molecule has 2 aromatic rings. The lowest BCUT2D eigenvalue weighted by molar-refractivity contribution is 0.0945. The van der Waals surface area contributed by atoms with E-state index in [9.17, 15) is 14.0 Å². The van der Waals surface area contributed by atoms with Gasteiger partial charge < -0.3 is 20.3 Å².